The summed E-state index contributed by atoms with van der Waals surface area (Å²) in [5.74, 6) is 1.74. The molecule has 1 rings (SSSR count). The number of nitrogens with zero attached hydrogens (tertiary/aromatic N) is 2. The third-order valence-electron chi connectivity index (χ3n) is 1.35. The van der Waals surface area contributed by atoms with Crippen molar-refractivity contribution in [3.05, 3.63) is 12.4 Å². The van der Waals surface area contributed by atoms with E-state index in [1.807, 2.05) is 12.3 Å². The van der Waals surface area contributed by atoms with Gasteiger partial charge in [0, 0.05) is 17.7 Å². The molecule has 0 aliphatic carbocycles. The van der Waals surface area contributed by atoms with E-state index in [-0.39, 0.29) is 0 Å². The average molecular weight is 235 g/mol. The van der Waals surface area contributed by atoms with E-state index in [0.29, 0.717) is 5.88 Å². The van der Waals surface area contributed by atoms with Crippen LogP contribution < -0.4 is 0 Å². The first-order chi connectivity index (χ1) is 6.36. The fourth-order valence-corrected chi connectivity index (χ4v) is 2.31. The Kier molecular flexibility index (Phi) is 5.58. The number of hydrogen-bond donors (Lipinski definition) is 0. The predicted molar refractivity (Wildman–Crippen MR) is 59.9 cm³/mol. The molecule has 0 aliphatic rings. The molecular weight excluding hydrogens is 224 g/mol. The molecule has 0 aliphatic heterocycles. The second kappa shape index (κ2) is 6.51. The summed E-state index contributed by atoms with van der Waals surface area (Å²) in [6, 6.07) is 2.00. The standard InChI is InChI=1S/C8H11ClN2S2/c1-12-7-5-8(11-6-10-7)13-4-2-3-9/h5-6H,2-4H2,1H3. The van der Waals surface area contributed by atoms with Gasteiger partial charge in [-0.15, -0.1) is 35.1 Å². The topological polar surface area (TPSA) is 25.8 Å². The maximum Gasteiger partial charge on any atom is 0.117 e. The number of alkyl halides is 1. The highest BCUT2D eigenvalue weighted by atomic mass is 35.5. The maximum absolute atomic E-state index is 5.58. The third kappa shape index (κ3) is 4.20. The molecule has 1 aromatic heterocycles. The van der Waals surface area contributed by atoms with Gasteiger partial charge in [-0.1, -0.05) is 0 Å². The van der Waals surface area contributed by atoms with Crippen LogP contribution in [0.5, 0.6) is 0 Å². The average Bonchev–Trinajstić information content (AvgIpc) is 2.19. The van der Waals surface area contributed by atoms with Gasteiger partial charge in [-0.2, -0.15) is 0 Å². The van der Waals surface area contributed by atoms with E-state index < -0.39 is 0 Å². The SMILES string of the molecule is CSc1cc(SCCCCl)ncn1. The minimum absolute atomic E-state index is 0.716. The fraction of sp³-hybridized carbons (Fsp3) is 0.500. The molecule has 0 aromatic carbocycles. The molecule has 0 spiro atoms. The Balaban J connectivity index is 2.46. The van der Waals surface area contributed by atoms with Crippen molar-refractivity contribution >= 4 is 35.1 Å². The number of hydrogen-bond acceptors (Lipinski definition) is 4. The van der Waals surface area contributed by atoms with Gasteiger partial charge in [0.05, 0.1) is 0 Å². The summed E-state index contributed by atoms with van der Waals surface area (Å²) >= 11 is 8.93. The zero-order chi connectivity index (χ0) is 9.52. The molecule has 0 bridgehead atoms. The lowest BCUT2D eigenvalue weighted by molar-refractivity contribution is 0.962. The molecule has 0 unspecified atom stereocenters. The molecule has 13 heavy (non-hydrogen) atoms. The normalized spacial score (nSPS) is 10.3. The van der Waals surface area contributed by atoms with Gasteiger partial charge >= 0.3 is 0 Å². The monoisotopic (exact) mass is 234 g/mol. The Morgan fingerprint density at radius 3 is 2.85 bits per heavy atom. The second-order valence-electron chi connectivity index (χ2n) is 2.29. The lowest BCUT2D eigenvalue weighted by Gasteiger charge is -1.99. The third-order valence-corrected chi connectivity index (χ3v) is 3.27. The van der Waals surface area contributed by atoms with Crippen molar-refractivity contribution in [2.24, 2.45) is 0 Å². The van der Waals surface area contributed by atoms with E-state index in [0.717, 1.165) is 22.2 Å². The summed E-state index contributed by atoms with van der Waals surface area (Å²) in [4.78, 5) is 8.25. The van der Waals surface area contributed by atoms with Gasteiger partial charge in [-0.25, -0.2) is 9.97 Å². The van der Waals surface area contributed by atoms with Crippen molar-refractivity contribution < 1.29 is 0 Å². The van der Waals surface area contributed by atoms with E-state index >= 15 is 0 Å². The first-order valence-electron chi connectivity index (χ1n) is 3.91. The van der Waals surface area contributed by atoms with Crippen LogP contribution in [0.25, 0.3) is 0 Å². The number of aromatic nitrogens is 2. The Morgan fingerprint density at radius 1 is 1.38 bits per heavy atom. The molecular formula is C8H11ClN2S2. The molecule has 0 amide bonds. The van der Waals surface area contributed by atoms with Crippen molar-refractivity contribution in [3.63, 3.8) is 0 Å². The van der Waals surface area contributed by atoms with Crippen molar-refractivity contribution in [1.29, 1.82) is 0 Å². The quantitative estimate of drug-likeness (QED) is 0.339. The lowest BCUT2D eigenvalue weighted by Crippen LogP contribution is -1.87. The Bertz CT molecular complexity index is 258. The summed E-state index contributed by atoms with van der Waals surface area (Å²) < 4.78 is 0. The Hall–Kier alpha value is 0.0700. The Labute approximate surface area is 91.9 Å². The highest BCUT2D eigenvalue weighted by molar-refractivity contribution is 7.99. The number of rotatable bonds is 5. The molecule has 0 saturated carbocycles. The van der Waals surface area contributed by atoms with Crippen LogP contribution in [0.15, 0.2) is 22.4 Å². The first-order valence-corrected chi connectivity index (χ1v) is 6.66. The smallest absolute Gasteiger partial charge is 0.117 e. The zero-order valence-electron chi connectivity index (χ0n) is 7.36. The molecule has 0 atom stereocenters. The van der Waals surface area contributed by atoms with Crippen LogP contribution in [0.3, 0.4) is 0 Å². The second-order valence-corrected chi connectivity index (χ2v) is 4.61. The van der Waals surface area contributed by atoms with Gasteiger partial charge in [-0.3, -0.25) is 0 Å². The molecule has 1 heterocycles. The van der Waals surface area contributed by atoms with E-state index in [1.54, 1.807) is 29.9 Å². The number of thioether (sulfide) groups is 2. The van der Waals surface area contributed by atoms with Crippen LogP contribution in [0.2, 0.25) is 0 Å². The highest BCUT2D eigenvalue weighted by Crippen LogP contribution is 2.19. The van der Waals surface area contributed by atoms with Crippen LogP contribution in [0.4, 0.5) is 0 Å². The molecule has 72 valence electrons. The summed E-state index contributed by atoms with van der Waals surface area (Å²) in [6.07, 6.45) is 4.63. The van der Waals surface area contributed by atoms with Crippen molar-refractivity contribution in [2.75, 3.05) is 17.9 Å². The molecule has 2 nitrogen and oxygen atoms in total. The largest absolute Gasteiger partial charge is 0.230 e. The minimum Gasteiger partial charge on any atom is -0.230 e. The van der Waals surface area contributed by atoms with Crippen molar-refractivity contribution in [3.8, 4) is 0 Å². The van der Waals surface area contributed by atoms with Crippen molar-refractivity contribution in [1.82, 2.24) is 9.97 Å². The van der Waals surface area contributed by atoms with Crippen molar-refractivity contribution in [2.45, 2.75) is 16.5 Å². The van der Waals surface area contributed by atoms with Crippen LogP contribution in [0.1, 0.15) is 6.42 Å². The zero-order valence-corrected chi connectivity index (χ0v) is 9.75. The van der Waals surface area contributed by atoms with Gasteiger partial charge in [0.2, 0.25) is 0 Å². The lowest BCUT2D eigenvalue weighted by atomic mass is 10.6. The number of halogens is 1. The molecule has 1 aromatic rings. The van der Waals surface area contributed by atoms with Crippen LogP contribution >= 0.6 is 35.1 Å². The van der Waals surface area contributed by atoms with Gasteiger partial charge in [0.25, 0.3) is 0 Å². The van der Waals surface area contributed by atoms with Crippen LogP contribution in [-0.4, -0.2) is 27.9 Å². The maximum atomic E-state index is 5.58. The van der Waals surface area contributed by atoms with Gasteiger partial charge in [0.1, 0.15) is 16.4 Å². The van der Waals surface area contributed by atoms with E-state index in [9.17, 15) is 0 Å². The fourth-order valence-electron chi connectivity index (χ4n) is 0.745. The summed E-state index contributed by atoms with van der Waals surface area (Å²) in [7, 11) is 0. The summed E-state index contributed by atoms with van der Waals surface area (Å²) in [5.41, 5.74) is 0. The Morgan fingerprint density at radius 2 is 2.15 bits per heavy atom. The van der Waals surface area contributed by atoms with Gasteiger partial charge < -0.3 is 0 Å². The minimum atomic E-state index is 0.716. The predicted octanol–water partition coefficient (Wildman–Crippen LogP) is 2.92. The molecule has 0 radical (unpaired) electrons. The van der Waals surface area contributed by atoms with E-state index in [1.165, 1.54) is 0 Å². The highest BCUT2D eigenvalue weighted by Gasteiger charge is 1.97. The molecule has 0 fully saturated rings. The van der Waals surface area contributed by atoms with Gasteiger partial charge in [-0.05, 0) is 12.7 Å². The van der Waals surface area contributed by atoms with E-state index in [2.05, 4.69) is 9.97 Å². The summed E-state index contributed by atoms with van der Waals surface area (Å²) in [6.45, 7) is 0. The van der Waals surface area contributed by atoms with Gasteiger partial charge in [0.15, 0.2) is 0 Å². The molecule has 5 heteroatoms. The van der Waals surface area contributed by atoms with Crippen LogP contribution in [-0.2, 0) is 0 Å². The van der Waals surface area contributed by atoms with Crippen LogP contribution in [0, 0.1) is 0 Å². The van der Waals surface area contributed by atoms with E-state index in [4.69, 9.17) is 11.6 Å². The first kappa shape index (κ1) is 11.1. The molecule has 0 saturated heterocycles. The summed E-state index contributed by atoms with van der Waals surface area (Å²) in [5, 5.41) is 2.05. The molecule has 0 N–H and O–H groups in total.